The summed E-state index contributed by atoms with van der Waals surface area (Å²) in [7, 11) is 0. The van der Waals surface area contributed by atoms with Crippen LogP contribution < -0.4 is 10.1 Å². The molecular weight excluding hydrogens is 262 g/mol. The number of aryl methyl sites for hydroxylation is 3. The van der Waals surface area contributed by atoms with Gasteiger partial charge < -0.3 is 10.1 Å². The fourth-order valence-corrected chi connectivity index (χ4v) is 2.13. The van der Waals surface area contributed by atoms with Gasteiger partial charge in [-0.05, 0) is 49.6 Å². The van der Waals surface area contributed by atoms with E-state index >= 15 is 0 Å². The van der Waals surface area contributed by atoms with Crippen LogP contribution in [-0.2, 0) is 11.2 Å². The normalized spacial score (nSPS) is 10.2. The van der Waals surface area contributed by atoms with E-state index in [-0.39, 0.29) is 12.5 Å². The number of hydrogen-bond donors (Lipinski definition) is 1. The van der Waals surface area contributed by atoms with Crippen LogP contribution in [0.5, 0.6) is 5.75 Å². The van der Waals surface area contributed by atoms with Crippen molar-refractivity contribution in [3.8, 4) is 5.75 Å². The van der Waals surface area contributed by atoms with Crippen LogP contribution in [0.25, 0.3) is 0 Å². The molecule has 2 aromatic carbocycles. The summed E-state index contributed by atoms with van der Waals surface area (Å²) in [4.78, 5) is 11.9. The van der Waals surface area contributed by atoms with Crippen LogP contribution in [0.15, 0.2) is 42.5 Å². The maximum Gasteiger partial charge on any atom is 0.262 e. The molecule has 3 nitrogen and oxygen atoms in total. The molecular formula is C18H21NO2. The second kappa shape index (κ2) is 6.93. The average molecular weight is 283 g/mol. The first-order valence-corrected chi connectivity index (χ1v) is 7.17. The average Bonchev–Trinajstić information content (AvgIpc) is 2.47. The Bertz CT molecular complexity index is 618. The van der Waals surface area contributed by atoms with Gasteiger partial charge in [0, 0.05) is 5.69 Å². The van der Waals surface area contributed by atoms with Crippen molar-refractivity contribution >= 4 is 11.6 Å². The van der Waals surface area contributed by atoms with Crippen LogP contribution in [0.4, 0.5) is 5.69 Å². The fourth-order valence-electron chi connectivity index (χ4n) is 2.13. The van der Waals surface area contributed by atoms with Gasteiger partial charge in [-0.15, -0.1) is 0 Å². The third kappa shape index (κ3) is 4.35. The van der Waals surface area contributed by atoms with Gasteiger partial charge in [-0.25, -0.2) is 0 Å². The zero-order valence-electron chi connectivity index (χ0n) is 12.8. The Balaban J connectivity index is 1.89. The van der Waals surface area contributed by atoms with Crippen molar-refractivity contribution in [1.29, 1.82) is 0 Å². The smallest absolute Gasteiger partial charge is 0.262 e. The second-order valence-electron chi connectivity index (χ2n) is 5.16. The Morgan fingerprint density at radius 3 is 2.43 bits per heavy atom. The van der Waals surface area contributed by atoms with E-state index in [1.165, 1.54) is 11.1 Å². The van der Waals surface area contributed by atoms with E-state index in [4.69, 9.17) is 4.74 Å². The molecule has 21 heavy (non-hydrogen) atoms. The Labute approximate surface area is 126 Å². The number of carbonyl (C=O) groups is 1. The summed E-state index contributed by atoms with van der Waals surface area (Å²) in [6, 6.07) is 13.8. The molecule has 0 aromatic heterocycles. The van der Waals surface area contributed by atoms with E-state index in [9.17, 15) is 4.79 Å². The SMILES string of the molecule is CCc1ccc(NC(=O)COc2ccc(C)cc2C)cc1. The topological polar surface area (TPSA) is 38.3 Å². The van der Waals surface area contributed by atoms with Gasteiger partial charge in [-0.2, -0.15) is 0 Å². The van der Waals surface area contributed by atoms with Gasteiger partial charge >= 0.3 is 0 Å². The van der Waals surface area contributed by atoms with Gasteiger partial charge in [0.25, 0.3) is 5.91 Å². The molecule has 0 atom stereocenters. The predicted molar refractivity (Wildman–Crippen MR) is 85.9 cm³/mol. The lowest BCUT2D eigenvalue weighted by atomic mass is 10.1. The number of ether oxygens (including phenoxy) is 1. The molecule has 0 unspecified atom stereocenters. The summed E-state index contributed by atoms with van der Waals surface area (Å²) in [5.41, 5.74) is 4.26. The number of rotatable bonds is 5. The molecule has 110 valence electrons. The largest absolute Gasteiger partial charge is 0.483 e. The first kappa shape index (κ1) is 15.1. The number of anilines is 1. The summed E-state index contributed by atoms with van der Waals surface area (Å²) in [6.45, 7) is 6.12. The van der Waals surface area contributed by atoms with Crippen LogP contribution in [0.3, 0.4) is 0 Å². The molecule has 3 heteroatoms. The van der Waals surface area contributed by atoms with Crippen molar-refractivity contribution in [3.63, 3.8) is 0 Å². The molecule has 0 saturated carbocycles. The summed E-state index contributed by atoms with van der Waals surface area (Å²) in [5.74, 6) is 0.594. The maximum absolute atomic E-state index is 11.9. The zero-order chi connectivity index (χ0) is 15.2. The highest BCUT2D eigenvalue weighted by Crippen LogP contribution is 2.18. The molecule has 1 N–H and O–H groups in total. The lowest BCUT2D eigenvalue weighted by Crippen LogP contribution is -2.20. The monoisotopic (exact) mass is 283 g/mol. The van der Waals surface area contributed by atoms with E-state index < -0.39 is 0 Å². The predicted octanol–water partition coefficient (Wildman–Crippen LogP) is 3.88. The fraction of sp³-hybridized carbons (Fsp3) is 0.278. The first-order valence-electron chi connectivity index (χ1n) is 7.17. The van der Waals surface area contributed by atoms with Crippen LogP contribution >= 0.6 is 0 Å². The van der Waals surface area contributed by atoms with Crippen LogP contribution in [-0.4, -0.2) is 12.5 Å². The van der Waals surface area contributed by atoms with Gasteiger partial charge in [-0.3, -0.25) is 4.79 Å². The number of hydrogen-bond acceptors (Lipinski definition) is 2. The highest BCUT2D eigenvalue weighted by molar-refractivity contribution is 5.91. The molecule has 0 heterocycles. The lowest BCUT2D eigenvalue weighted by molar-refractivity contribution is -0.118. The molecule has 1 amide bonds. The Hall–Kier alpha value is -2.29. The van der Waals surface area contributed by atoms with Crippen LogP contribution in [0.1, 0.15) is 23.6 Å². The summed E-state index contributed by atoms with van der Waals surface area (Å²) in [6.07, 6.45) is 0.990. The molecule has 0 aliphatic rings. The summed E-state index contributed by atoms with van der Waals surface area (Å²) < 4.78 is 5.56. The van der Waals surface area contributed by atoms with Crippen LogP contribution in [0.2, 0.25) is 0 Å². The minimum Gasteiger partial charge on any atom is -0.483 e. The van der Waals surface area contributed by atoms with Crippen molar-refractivity contribution in [1.82, 2.24) is 0 Å². The molecule has 0 saturated heterocycles. The zero-order valence-corrected chi connectivity index (χ0v) is 12.8. The maximum atomic E-state index is 11.9. The molecule has 2 rings (SSSR count). The standard InChI is InChI=1S/C18H21NO2/c1-4-15-6-8-16(9-7-15)19-18(20)12-21-17-10-5-13(2)11-14(17)3/h5-11H,4,12H2,1-3H3,(H,19,20). The molecule has 0 fully saturated rings. The van der Waals surface area contributed by atoms with E-state index in [2.05, 4.69) is 12.2 Å². The van der Waals surface area contributed by atoms with Gasteiger partial charge in [-0.1, -0.05) is 36.8 Å². The number of benzene rings is 2. The number of carbonyl (C=O) groups excluding carboxylic acids is 1. The van der Waals surface area contributed by atoms with Crippen molar-refractivity contribution in [2.45, 2.75) is 27.2 Å². The Morgan fingerprint density at radius 2 is 1.81 bits per heavy atom. The Morgan fingerprint density at radius 1 is 1.10 bits per heavy atom. The lowest BCUT2D eigenvalue weighted by Gasteiger charge is -2.10. The van der Waals surface area contributed by atoms with Crippen molar-refractivity contribution in [2.24, 2.45) is 0 Å². The minimum atomic E-state index is -0.153. The van der Waals surface area contributed by atoms with Crippen molar-refractivity contribution in [3.05, 3.63) is 59.2 Å². The van der Waals surface area contributed by atoms with Gasteiger partial charge in [0.15, 0.2) is 6.61 Å². The van der Waals surface area contributed by atoms with Gasteiger partial charge in [0.05, 0.1) is 0 Å². The highest BCUT2D eigenvalue weighted by atomic mass is 16.5. The van der Waals surface area contributed by atoms with E-state index in [0.29, 0.717) is 0 Å². The molecule has 0 aliphatic carbocycles. The van der Waals surface area contributed by atoms with Crippen LogP contribution in [0, 0.1) is 13.8 Å². The Kier molecular flexibility index (Phi) is 4.99. The quantitative estimate of drug-likeness (QED) is 0.904. The summed E-state index contributed by atoms with van der Waals surface area (Å²) >= 11 is 0. The molecule has 0 aliphatic heterocycles. The highest BCUT2D eigenvalue weighted by Gasteiger charge is 2.05. The molecule has 0 radical (unpaired) electrons. The van der Waals surface area contributed by atoms with Gasteiger partial charge in [0.2, 0.25) is 0 Å². The van der Waals surface area contributed by atoms with Crippen molar-refractivity contribution < 1.29 is 9.53 Å². The molecule has 0 spiro atoms. The second-order valence-corrected chi connectivity index (χ2v) is 5.16. The first-order chi connectivity index (χ1) is 10.1. The third-order valence-electron chi connectivity index (χ3n) is 3.34. The molecule has 2 aromatic rings. The molecule has 0 bridgehead atoms. The van der Waals surface area contributed by atoms with E-state index in [1.807, 2.05) is 56.3 Å². The summed E-state index contributed by atoms with van der Waals surface area (Å²) in [5, 5.41) is 2.83. The third-order valence-corrected chi connectivity index (χ3v) is 3.34. The van der Waals surface area contributed by atoms with E-state index in [0.717, 1.165) is 23.4 Å². The van der Waals surface area contributed by atoms with Crippen molar-refractivity contribution in [2.75, 3.05) is 11.9 Å². The van der Waals surface area contributed by atoms with Gasteiger partial charge in [0.1, 0.15) is 5.75 Å². The van der Waals surface area contributed by atoms with E-state index in [1.54, 1.807) is 0 Å². The number of nitrogens with one attached hydrogen (secondary N) is 1. The number of amides is 1. The minimum absolute atomic E-state index is 0.0133.